The maximum Gasteiger partial charge on any atom is 0.182 e. The molecular formula is C14H21N5O2. The van der Waals surface area contributed by atoms with E-state index in [4.69, 9.17) is 15.2 Å². The highest BCUT2D eigenvalue weighted by Gasteiger charge is 2.11. The molecule has 7 nitrogen and oxygen atoms in total. The Morgan fingerprint density at radius 3 is 2.81 bits per heavy atom. The molecule has 0 atom stereocenters. The van der Waals surface area contributed by atoms with Gasteiger partial charge < -0.3 is 15.2 Å². The van der Waals surface area contributed by atoms with Gasteiger partial charge >= 0.3 is 0 Å². The molecule has 114 valence electrons. The van der Waals surface area contributed by atoms with E-state index in [0.717, 1.165) is 18.6 Å². The van der Waals surface area contributed by atoms with Gasteiger partial charge in [0.2, 0.25) is 0 Å². The Morgan fingerprint density at radius 1 is 1.24 bits per heavy atom. The molecule has 1 heterocycles. The third-order valence-corrected chi connectivity index (χ3v) is 2.96. The van der Waals surface area contributed by atoms with Crippen LogP contribution >= 0.6 is 0 Å². The lowest BCUT2D eigenvalue weighted by Crippen LogP contribution is -2.06. The highest BCUT2D eigenvalue weighted by Crippen LogP contribution is 2.27. The minimum absolute atomic E-state index is 0.582. The Kier molecular flexibility index (Phi) is 5.51. The molecule has 0 saturated carbocycles. The van der Waals surface area contributed by atoms with Crippen LogP contribution in [-0.4, -0.2) is 40.0 Å². The maximum absolute atomic E-state index is 5.98. The first kappa shape index (κ1) is 15.2. The van der Waals surface area contributed by atoms with Crippen LogP contribution in [-0.2, 0) is 11.3 Å². The number of nitrogens with zero attached hydrogens (tertiary/aromatic N) is 4. The molecule has 0 unspecified atom stereocenters. The predicted molar refractivity (Wildman–Crippen MR) is 79.9 cm³/mol. The Labute approximate surface area is 124 Å². The van der Waals surface area contributed by atoms with Gasteiger partial charge in [-0.3, -0.25) is 0 Å². The fourth-order valence-corrected chi connectivity index (χ4v) is 2.00. The summed E-state index contributed by atoms with van der Waals surface area (Å²) in [6.07, 6.45) is 0.860. The molecule has 2 rings (SSSR count). The molecule has 1 aromatic carbocycles. The first-order valence-electron chi connectivity index (χ1n) is 7.12. The molecular weight excluding hydrogens is 270 g/mol. The smallest absolute Gasteiger partial charge is 0.182 e. The lowest BCUT2D eigenvalue weighted by atomic mass is 10.1. The fourth-order valence-electron chi connectivity index (χ4n) is 2.00. The summed E-state index contributed by atoms with van der Waals surface area (Å²) in [5.74, 6) is 1.37. The lowest BCUT2D eigenvalue weighted by Gasteiger charge is -2.09. The molecule has 0 amide bonds. The highest BCUT2D eigenvalue weighted by atomic mass is 16.5. The molecule has 21 heavy (non-hydrogen) atoms. The summed E-state index contributed by atoms with van der Waals surface area (Å²) in [5, 5.41) is 11.8. The van der Waals surface area contributed by atoms with Crippen LogP contribution in [0.2, 0.25) is 0 Å². The van der Waals surface area contributed by atoms with Crippen LogP contribution in [0, 0.1) is 0 Å². The molecule has 0 fully saturated rings. The van der Waals surface area contributed by atoms with Gasteiger partial charge in [-0.2, -0.15) is 0 Å². The number of nitrogens with two attached hydrogens (primary N) is 1. The standard InChI is InChI=1S/C14H21N5O2/c1-3-20-9-5-8-19-14(16-17-18-19)11-6-7-13(21-4-2)12(15)10-11/h6-7,10H,3-5,8-9,15H2,1-2H3. The minimum Gasteiger partial charge on any atom is -0.492 e. The van der Waals surface area contributed by atoms with Crippen molar-refractivity contribution >= 4 is 5.69 Å². The van der Waals surface area contributed by atoms with E-state index >= 15 is 0 Å². The van der Waals surface area contributed by atoms with Crippen molar-refractivity contribution in [2.45, 2.75) is 26.8 Å². The number of tetrazole rings is 1. The molecule has 0 aliphatic rings. The predicted octanol–water partition coefficient (Wildman–Crippen LogP) is 1.75. The summed E-state index contributed by atoms with van der Waals surface area (Å²) in [6.45, 7) is 6.60. The molecule has 0 saturated heterocycles. The molecule has 0 aliphatic heterocycles. The van der Waals surface area contributed by atoms with Crippen LogP contribution in [0.25, 0.3) is 11.4 Å². The zero-order valence-corrected chi connectivity index (χ0v) is 12.5. The number of hydrogen-bond acceptors (Lipinski definition) is 6. The zero-order chi connectivity index (χ0) is 15.1. The van der Waals surface area contributed by atoms with Gasteiger partial charge in [-0.25, -0.2) is 4.68 Å². The molecule has 0 bridgehead atoms. The molecule has 2 aromatic rings. The van der Waals surface area contributed by atoms with E-state index in [1.807, 2.05) is 32.0 Å². The summed E-state index contributed by atoms with van der Waals surface area (Å²) in [6, 6.07) is 5.58. The summed E-state index contributed by atoms with van der Waals surface area (Å²) in [5.41, 5.74) is 7.43. The van der Waals surface area contributed by atoms with Gasteiger partial charge in [0.1, 0.15) is 5.75 Å². The van der Waals surface area contributed by atoms with Gasteiger partial charge in [-0.15, -0.1) is 5.10 Å². The Bertz CT molecular complexity index is 570. The van der Waals surface area contributed by atoms with Crippen LogP contribution in [0.1, 0.15) is 20.3 Å². The number of benzene rings is 1. The second kappa shape index (κ2) is 7.58. The second-order valence-corrected chi connectivity index (χ2v) is 4.46. The van der Waals surface area contributed by atoms with Crippen molar-refractivity contribution in [3.8, 4) is 17.1 Å². The average molecular weight is 291 g/mol. The van der Waals surface area contributed by atoms with Crippen LogP contribution in [0.3, 0.4) is 0 Å². The van der Waals surface area contributed by atoms with Crippen molar-refractivity contribution in [3.63, 3.8) is 0 Å². The normalized spacial score (nSPS) is 10.8. The van der Waals surface area contributed by atoms with E-state index < -0.39 is 0 Å². The van der Waals surface area contributed by atoms with E-state index in [1.54, 1.807) is 4.68 Å². The molecule has 0 radical (unpaired) electrons. The largest absolute Gasteiger partial charge is 0.492 e. The number of anilines is 1. The molecule has 0 spiro atoms. The first-order valence-corrected chi connectivity index (χ1v) is 7.12. The molecule has 0 aliphatic carbocycles. The molecule has 2 N–H and O–H groups in total. The van der Waals surface area contributed by atoms with Crippen LogP contribution in [0.5, 0.6) is 5.75 Å². The van der Waals surface area contributed by atoms with Crippen molar-refractivity contribution in [1.29, 1.82) is 0 Å². The van der Waals surface area contributed by atoms with Gasteiger partial charge in [0.25, 0.3) is 0 Å². The fraction of sp³-hybridized carbons (Fsp3) is 0.500. The summed E-state index contributed by atoms with van der Waals surface area (Å²) < 4.78 is 12.5. The topological polar surface area (TPSA) is 88.1 Å². The Morgan fingerprint density at radius 2 is 2.10 bits per heavy atom. The SMILES string of the molecule is CCOCCCn1nnnc1-c1ccc(OCC)c(N)c1. The van der Waals surface area contributed by atoms with E-state index in [-0.39, 0.29) is 0 Å². The Hall–Kier alpha value is -2.15. The van der Waals surface area contributed by atoms with E-state index in [0.29, 0.717) is 37.0 Å². The van der Waals surface area contributed by atoms with Crippen molar-refractivity contribution in [2.75, 3.05) is 25.6 Å². The number of hydrogen-bond donors (Lipinski definition) is 1. The highest BCUT2D eigenvalue weighted by molar-refractivity contribution is 5.66. The van der Waals surface area contributed by atoms with E-state index in [2.05, 4.69) is 15.5 Å². The number of aryl methyl sites for hydroxylation is 1. The summed E-state index contributed by atoms with van der Waals surface area (Å²) in [7, 11) is 0. The van der Waals surface area contributed by atoms with Crippen molar-refractivity contribution in [2.24, 2.45) is 0 Å². The summed E-state index contributed by atoms with van der Waals surface area (Å²) >= 11 is 0. The average Bonchev–Trinajstić information content (AvgIpc) is 2.94. The zero-order valence-electron chi connectivity index (χ0n) is 12.5. The Balaban J connectivity index is 2.11. The second-order valence-electron chi connectivity index (χ2n) is 4.46. The van der Waals surface area contributed by atoms with Gasteiger partial charge in [-0.1, -0.05) is 0 Å². The molecule has 1 aromatic heterocycles. The number of aromatic nitrogens is 4. The minimum atomic E-state index is 0.582. The monoisotopic (exact) mass is 291 g/mol. The van der Waals surface area contributed by atoms with Crippen LogP contribution < -0.4 is 10.5 Å². The van der Waals surface area contributed by atoms with Gasteiger partial charge in [-0.05, 0) is 48.9 Å². The van der Waals surface area contributed by atoms with Gasteiger partial charge in [0.15, 0.2) is 5.82 Å². The van der Waals surface area contributed by atoms with Crippen LogP contribution in [0.15, 0.2) is 18.2 Å². The first-order chi connectivity index (χ1) is 10.3. The molecule has 7 heteroatoms. The number of rotatable bonds is 8. The third-order valence-electron chi connectivity index (χ3n) is 2.96. The quantitative estimate of drug-likeness (QED) is 0.589. The summed E-state index contributed by atoms with van der Waals surface area (Å²) in [4.78, 5) is 0. The van der Waals surface area contributed by atoms with Crippen molar-refractivity contribution in [1.82, 2.24) is 20.2 Å². The van der Waals surface area contributed by atoms with Gasteiger partial charge in [0, 0.05) is 25.3 Å². The third kappa shape index (κ3) is 3.91. The maximum atomic E-state index is 5.98. The number of ether oxygens (including phenoxy) is 2. The van der Waals surface area contributed by atoms with E-state index in [9.17, 15) is 0 Å². The van der Waals surface area contributed by atoms with Crippen molar-refractivity contribution in [3.05, 3.63) is 18.2 Å². The van der Waals surface area contributed by atoms with Crippen molar-refractivity contribution < 1.29 is 9.47 Å². The lowest BCUT2D eigenvalue weighted by molar-refractivity contribution is 0.140. The van der Waals surface area contributed by atoms with Gasteiger partial charge in [0.05, 0.1) is 12.3 Å². The van der Waals surface area contributed by atoms with E-state index in [1.165, 1.54) is 0 Å². The number of nitrogen functional groups attached to an aromatic ring is 1. The van der Waals surface area contributed by atoms with Crippen LogP contribution in [0.4, 0.5) is 5.69 Å².